The van der Waals surface area contributed by atoms with E-state index in [1.165, 1.54) is 37.0 Å². The molecule has 5 heteroatoms. The highest BCUT2D eigenvalue weighted by Gasteiger charge is 2.16. The third kappa shape index (κ3) is 3.62. The molecule has 2 N–H and O–H groups in total. The molecule has 2 heterocycles. The SMILES string of the molecule is CC1CCN(c2ccc(NC(=O)c3ccncc3O)cc2)CC1. The number of carbonyl (C=O) groups is 1. The summed E-state index contributed by atoms with van der Waals surface area (Å²) in [5.41, 5.74) is 2.11. The Morgan fingerprint density at radius 1 is 1.22 bits per heavy atom. The summed E-state index contributed by atoms with van der Waals surface area (Å²) in [6, 6.07) is 9.33. The lowest BCUT2D eigenvalue weighted by Crippen LogP contribution is -2.32. The van der Waals surface area contributed by atoms with Gasteiger partial charge in [0.15, 0.2) is 0 Å². The fourth-order valence-electron chi connectivity index (χ4n) is 2.80. The summed E-state index contributed by atoms with van der Waals surface area (Å²) in [5, 5.41) is 12.5. The van der Waals surface area contributed by atoms with Crippen LogP contribution in [-0.4, -0.2) is 29.1 Å². The van der Waals surface area contributed by atoms with Crippen LogP contribution in [0.3, 0.4) is 0 Å². The minimum Gasteiger partial charge on any atom is -0.505 e. The van der Waals surface area contributed by atoms with E-state index in [0.717, 1.165) is 19.0 Å². The number of hydrogen-bond acceptors (Lipinski definition) is 4. The molecule has 1 aromatic heterocycles. The van der Waals surface area contributed by atoms with Crippen molar-refractivity contribution >= 4 is 17.3 Å². The van der Waals surface area contributed by atoms with Gasteiger partial charge in [-0.15, -0.1) is 0 Å². The van der Waals surface area contributed by atoms with Gasteiger partial charge in [0, 0.05) is 30.7 Å². The van der Waals surface area contributed by atoms with Gasteiger partial charge >= 0.3 is 0 Å². The van der Waals surface area contributed by atoms with Gasteiger partial charge in [-0.3, -0.25) is 9.78 Å². The second-order valence-corrected chi connectivity index (χ2v) is 6.06. The molecule has 0 radical (unpaired) electrons. The fourth-order valence-corrected chi connectivity index (χ4v) is 2.80. The van der Waals surface area contributed by atoms with Crippen LogP contribution in [0.4, 0.5) is 11.4 Å². The molecule has 1 aliphatic heterocycles. The zero-order valence-electron chi connectivity index (χ0n) is 13.2. The lowest BCUT2D eigenvalue weighted by Gasteiger charge is -2.32. The Morgan fingerprint density at radius 2 is 1.91 bits per heavy atom. The summed E-state index contributed by atoms with van der Waals surface area (Å²) in [4.78, 5) is 18.3. The molecule has 0 unspecified atom stereocenters. The van der Waals surface area contributed by atoms with Crippen molar-refractivity contribution in [1.29, 1.82) is 0 Å². The molecule has 1 amide bonds. The van der Waals surface area contributed by atoms with E-state index >= 15 is 0 Å². The predicted octanol–water partition coefficient (Wildman–Crippen LogP) is 3.28. The number of benzene rings is 1. The smallest absolute Gasteiger partial charge is 0.259 e. The Kier molecular flexibility index (Phi) is 4.46. The van der Waals surface area contributed by atoms with E-state index in [2.05, 4.69) is 22.1 Å². The lowest BCUT2D eigenvalue weighted by atomic mass is 9.99. The summed E-state index contributed by atoms with van der Waals surface area (Å²) in [6.45, 7) is 4.46. The number of pyridine rings is 1. The molecule has 0 saturated carbocycles. The first-order valence-corrected chi connectivity index (χ1v) is 7.93. The summed E-state index contributed by atoms with van der Waals surface area (Å²) in [5.74, 6) is 0.339. The van der Waals surface area contributed by atoms with Crippen molar-refractivity contribution in [3.05, 3.63) is 48.3 Å². The monoisotopic (exact) mass is 311 g/mol. The first-order valence-electron chi connectivity index (χ1n) is 7.93. The molecule has 0 atom stereocenters. The Balaban J connectivity index is 1.66. The molecule has 23 heavy (non-hydrogen) atoms. The molecular formula is C18H21N3O2. The van der Waals surface area contributed by atoms with Crippen molar-refractivity contribution in [2.75, 3.05) is 23.3 Å². The van der Waals surface area contributed by atoms with E-state index in [9.17, 15) is 9.90 Å². The molecular weight excluding hydrogens is 290 g/mol. The Labute approximate surface area is 136 Å². The fraction of sp³-hybridized carbons (Fsp3) is 0.333. The van der Waals surface area contributed by atoms with E-state index in [-0.39, 0.29) is 17.2 Å². The molecule has 0 bridgehead atoms. The molecule has 1 aliphatic rings. The minimum atomic E-state index is -0.343. The van der Waals surface area contributed by atoms with Gasteiger partial charge in [-0.25, -0.2) is 0 Å². The highest BCUT2D eigenvalue weighted by atomic mass is 16.3. The third-order valence-corrected chi connectivity index (χ3v) is 4.32. The van der Waals surface area contributed by atoms with Crippen LogP contribution in [0.5, 0.6) is 5.75 Å². The van der Waals surface area contributed by atoms with Crippen LogP contribution < -0.4 is 10.2 Å². The molecule has 1 saturated heterocycles. The molecule has 0 aliphatic carbocycles. The summed E-state index contributed by atoms with van der Waals surface area (Å²) < 4.78 is 0. The molecule has 1 fully saturated rings. The molecule has 1 aromatic carbocycles. The average Bonchev–Trinajstić information content (AvgIpc) is 2.57. The lowest BCUT2D eigenvalue weighted by molar-refractivity contribution is 0.102. The predicted molar refractivity (Wildman–Crippen MR) is 90.9 cm³/mol. The van der Waals surface area contributed by atoms with Gasteiger partial charge in [0.05, 0.1) is 11.8 Å². The molecule has 0 spiro atoms. The largest absolute Gasteiger partial charge is 0.505 e. The number of carbonyl (C=O) groups excluding carboxylic acids is 1. The highest BCUT2D eigenvalue weighted by Crippen LogP contribution is 2.24. The van der Waals surface area contributed by atoms with Crippen LogP contribution in [-0.2, 0) is 0 Å². The van der Waals surface area contributed by atoms with E-state index in [0.29, 0.717) is 5.69 Å². The quantitative estimate of drug-likeness (QED) is 0.913. The van der Waals surface area contributed by atoms with Crippen LogP contribution >= 0.6 is 0 Å². The van der Waals surface area contributed by atoms with Gasteiger partial charge in [-0.1, -0.05) is 6.92 Å². The number of nitrogens with zero attached hydrogens (tertiary/aromatic N) is 2. The summed E-state index contributed by atoms with van der Waals surface area (Å²) in [7, 11) is 0. The second kappa shape index (κ2) is 6.69. The van der Waals surface area contributed by atoms with Crippen LogP contribution in [0.15, 0.2) is 42.7 Å². The van der Waals surface area contributed by atoms with Crippen molar-refractivity contribution < 1.29 is 9.90 Å². The molecule has 3 rings (SSSR count). The maximum atomic E-state index is 12.1. The first-order chi connectivity index (χ1) is 11.1. The van der Waals surface area contributed by atoms with E-state index < -0.39 is 0 Å². The molecule has 5 nitrogen and oxygen atoms in total. The van der Waals surface area contributed by atoms with Gasteiger partial charge < -0.3 is 15.3 Å². The van der Waals surface area contributed by atoms with Gasteiger partial charge in [-0.2, -0.15) is 0 Å². The van der Waals surface area contributed by atoms with Crippen molar-refractivity contribution in [3.63, 3.8) is 0 Å². The van der Waals surface area contributed by atoms with E-state index in [1.807, 2.05) is 24.3 Å². The highest BCUT2D eigenvalue weighted by molar-refractivity contribution is 6.06. The standard InChI is InChI=1S/C18H21N3O2/c1-13-7-10-21(11-8-13)15-4-2-14(3-5-15)20-18(23)16-6-9-19-12-17(16)22/h2-6,9,12-13,22H,7-8,10-11H2,1H3,(H,20,23). The van der Waals surface area contributed by atoms with Crippen molar-refractivity contribution in [2.45, 2.75) is 19.8 Å². The van der Waals surface area contributed by atoms with Crippen LogP contribution in [0.25, 0.3) is 0 Å². The zero-order valence-corrected chi connectivity index (χ0v) is 13.2. The number of aromatic nitrogens is 1. The number of aromatic hydroxyl groups is 1. The zero-order chi connectivity index (χ0) is 16.2. The summed E-state index contributed by atoms with van der Waals surface area (Å²) >= 11 is 0. The number of amides is 1. The van der Waals surface area contributed by atoms with Gasteiger partial charge in [0.1, 0.15) is 5.75 Å². The van der Waals surface area contributed by atoms with Gasteiger partial charge in [-0.05, 0) is 49.1 Å². The number of nitrogens with one attached hydrogen (secondary N) is 1. The first kappa shape index (κ1) is 15.3. The van der Waals surface area contributed by atoms with Crippen LogP contribution in [0.1, 0.15) is 30.1 Å². The Bertz CT molecular complexity index is 677. The van der Waals surface area contributed by atoms with Gasteiger partial charge in [0.2, 0.25) is 0 Å². The molecule has 120 valence electrons. The van der Waals surface area contributed by atoms with Crippen molar-refractivity contribution in [1.82, 2.24) is 4.98 Å². The second-order valence-electron chi connectivity index (χ2n) is 6.06. The summed E-state index contributed by atoms with van der Waals surface area (Å²) in [6.07, 6.45) is 5.18. The number of hydrogen-bond donors (Lipinski definition) is 2. The molecule has 2 aromatic rings. The number of piperidine rings is 1. The van der Waals surface area contributed by atoms with E-state index in [4.69, 9.17) is 0 Å². The van der Waals surface area contributed by atoms with Crippen molar-refractivity contribution in [2.24, 2.45) is 5.92 Å². The van der Waals surface area contributed by atoms with E-state index in [1.54, 1.807) is 0 Å². The minimum absolute atomic E-state index is 0.121. The van der Waals surface area contributed by atoms with Crippen molar-refractivity contribution in [3.8, 4) is 5.75 Å². The third-order valence-electron chi connectivity index (χ3n) is 4.32. The van der Waals surface area contributed by atoms with Gasteiger partial charge in [0.25, 0.3) is 5.91 Å². The van der Waals surface area contributed by atoms with Crippen LogP contribution in [0.2, 0.25) is 0 Å². The Hall–Kier alpha value is -2.56. The number of rotatable bonds is 3. The maximum Gasteiger partial charge on any atom is 0.259 e. The normalized spacial score (nSPS) is 15.4. The Morgan fingerprint density at radius 3 is 2.57 bits per heavy atom. The number of anilines is 2. The van der Waals surface area contributed by atoms with Crippen LogP contribution in [0, 0.1) is 5.92 Å². The maximum absolute atomic E-state index is 12.1. The topological polar surface area (TPSA) is 65.5 Å². The average molecular weight is 311 g/mol.